The van der Waals surface area contributed by atoms with Gasteiger partial charge in [-0.05, 0) is 21.3 Å². The summed E-state index contributed by atoms with van der Waals surface area (Å²) in [5, 5.41) is 3.54. The molecule has 0 bridgehead atoms. The second kappa shape index (κ2) is 8.54. The lowest BCUT2D eigenvalue weighted by Crippen LogP contribution is -2.68. The van der Waals surface area contributed by atoms with Crippen molar-refractivity contribution in [1.82, 2.24) is 0 Å². The van der Waals surface area contributed by atoms with Crippen LogP contribution >= 0.6 is 22.2 Å². The summed E-state index contributed by atoms with van der Waals surface area (Å²) in [5.41, 5.74) is 1.79. The standard InChI is InChI=1S/C20H18Cl2OSi2/c21-24(22)17-16-23-25(18-10-4-1-5-11-18,19-12-6-2-7-13-19)20-14-8-3-9-15-20/h1-17,24H. The summed E-state index contributed by atoms with van der Waals surface area (Å²) in [6, 6.07) is 31.2. The summed E-state index contributed by atoms with van der Waals surface area (Å²) in [4.78, 5) is 0. The van der Waals surface area contributed by atoms with Gasteiger partial charge in [0.15, 0.2) is 0 Å². The monoisotopic (exact) mass is 400 g/mol. The summed E-state index contributed by atoms with van der Waals surface area (Å²) in [6.07, 6.45) is 1.70. The largest absolute Gasteiger partial charge is 0.537 e. The number of hydrogen-bond donors (Lipinski definition) is 0. The van der Waals surface area contributed by atoms with Crippen molar-refractivity contribution in [1.29, 1.82) is 0 Å². The van der Waals surface area contributed by atoms with Gasteiger partial charge in [0.1, 0.15) is 0 Å². The van der Waals surface area contributed by atoms with Crippen LogP contribution in [0.4, 0.5) is 0 Å². The lowest BCUT2D eigenvalue weighted by molar-refractivity contribution is 0.498. The molecule has 3 rings (SSSR count). The van der Waals surface area contributed by atoms with Crippen LogP contribution in [-0.4, -0.2) is 15.7 Å². The van der Waals surface area contributed by atoms with Crippen LogP contribution in [0.2, 0.25) is 0 Å². The molecule has 25 heavy (non-hydrogen) atoms. The predicted octanol–water partition coefficient (Wildman–Crippen LogP) is 3.42. The van der Waals surface area contributed by atoms with E-state index in [1.165, 1.54) is 15.6 Å². The summed E-state index contributed by atoms with van der Waals surface area (Å²) >= 11 is 12.0. The maximum atomic E-state index is 6.52. The van der Waals surface area contributed by atoms with Crippen LogP contribution in [0.15, 0.2) is 103 Å². The van der Waals surface area contributed by atoms with Gasteiger partial charge in [0.25, 0.3) is 7.42 Å². The molecule has 0 heterocycles. The first-order valence-corrected chi connectivity index (χ1v) is 14.1. The van der Waals surface area contributed by atoms with E-state index in [2.05, 4.69) is 72.8 Å². The van der Waals surface area contributed by atoms with E-state index in [-0.39, 0.29) is 0 Å². The molecule has 0 aliphatic carbocycles. The molecule has 1 nitrogen and oxygen atoms in total. The summed E-state index contributed by atoms with van der Waals surface area (Å²) in [6.45, 7) is 0. The first-order chi connectivity index (χ1) is 12.2. The lowest BCUT2D eigenvalue weighted by atomic mass is 10.3. The molecular formula is C20H18Cl2OSi2. The number of rotatable bonds is 6. The van der Waals surface area contributed by atoms with Crippen molar-refractivity contribution in [2.24, 2.45) is 0 Å². The van der Waals surface area contributed by atoms with Gasteiger partial charge in [-0.3, -0.25) is 0 Å². The van der Waals surface area contributed by atoms with E-state index >= 15 is 0 Å². The van der Waals surface area contributed by atoms with E-state index in [1.54, 1.807) is 12.0 Å². The van der Waals surface area contributed by atoms with Crippen molar-refractivity contribution >= 4 is 53.5 Å². The highest BCUT2D eigenvalue weighted by Crippen LogP contribution is 2.11. The molecule has 5 heteroatoms. The summed E-state index contributed by atoms with van der Waals surface area (Å²) in [7, 11) is -4.55. The van der Waals surface area contributed by atoms with E-state index in [0.29, 0.717) is 0 Å². The molecule has 0 fully saturated rings. The molecule has 0 radical (unpaired) electrons. The van der Waals surface area contributed by atoms with Crippen LogP contribution in [0, 0.1) is 0 Å². The van der Waals surface area contributed by atoms with Gasteiger partial charge in [-0.2, -0.15) is 0 Å². The summed E-state index contributed by atoms with van der Waals surface area (Å²) < 4.78 is 6.52. The Hall–Kier alpha value is -1.79. The Bertz CT molecular complexity index is 712. The van der Waals surface area contributed by atoms with Crippen LogP contribution in [-0.2, 0) is 4.43 Å². The van der Waals surface area contributed by atoms with Gasteiger partial charge in [-0.25, -0.2) is 0 Å². The molecule has 0 N–H and O–H groups in total. The number of benzene rings is 3. The van der Waals surface area contributed by atoms with Gasteiger partial charge < -0.3 is 4.43 Å². The zero-order chi connectivity index (χ0) is 17.5. The van der Waals surface area contributed by atoms with Crippen LogP contribution in [0.1, 0.15) is 0 Å². The Labute approximate surface area is 160 Å². The minimum atomic E-state index is -2.67. The van der Waals surface area contributed by atoms with Gasteiger partial charge in [0, 0.05) is 0 Å². The molecule has 0 amide bonds. The molecule has 0 spiro atoms. The van der Waals surface area contributed by atoms with Crippen LogP contribution in [0.3, 0.4) is 0 Å². The van der Waals surface area contributed by atoms with Crippen molar-refractivity contribution in [3.05, 3.63) is 103 Å². The molecule has 126 valence electrons. The summed E-state index contributed by atoms with van der Waals surface area (Å²) in [5.74, 6) is 0. The van der Waals surface area contributed by atoms with Gasteiger partial charge in [-0.15, -0.1) is 22.2 Å². The Morgan fingerprint density at radius 1 is 0.640 bits per heavy atom. The molecule has 3 aromatic carbocycles. The Balaban J connectivity index is 2.24. The van der Waals surface area contributed by atoms with Gasteiger partial charge >= 0.3 is 8.32 Å². The third-order valence-electron chi connectivity index (χ3n) is 4.01. The zero-order valence-corrected chi connectivity index (χ0v) is 17.2. The fourth-order valence-electron chi connectivity index (χ4n) is 2.92. The van der Waals surface area contributed by atoms with Crippen molar-refractivity contribution in [2.45, 2.75) is 0 Å². The van der Waals surface area contributed by atoms with Crippen molar-refractivity contribution < 1.29 is 4.43 Å². The Kier molecular flexibility index (Phi) is 6.16. The third-order valence-corrected chi connectivity index (χ3v) is 9.26. The van der Waals surface area contributed by atoms with Crippen LogP contribution in [0.25, 0.3) is 0 Å². The van der Waals surface area contributed by atoms with Crippen molar-refractivity contribution in [3.63, 3.8) is 0 Å². The Morgan fingerprint density at radius 2 is 1.00 bits per heavy atom. The number of hydrogen-bond acceptors (Lipinski definition) is 1. The highest BCUT2D eigenvalue weighted by atomic mass is 35.7. The lowest BCUT2D eigenvalue weighted by Gasteiger charge is -2.31. The molecular weight excluding hydrogens is 383 g/mol. The fraction of sp³-hybridized carbons (Fsp3) is 0. The minimum Gasteiger partial charge on any atom is -0.537 e. The van der Waals surface area contributed by atoms with Crippen molar-refractivity contribution in [2.75, 3.05) is 0 Å². The third kappa shape index (κ3) is 4.07. The maximum Gasteiger partial charge on any atom is 0.346 e. The second-order valence-corrected chi connectivity index (χ2v) is 13.4. The quantitative estimate of drug-likeness (QED) is 0.266. The highest BCUT2D eigenvalue weighted by Gasteiger charge is 2.42. The molecule has 0 saturated carbocycles. The van der Waals surface area contributed by atoms with Crippen LogP contribution < -0.4 is 15.6 Å². The molecule has 3 aromatic rings. The van der Waals surface area contributed by atoms with Gasteiger partial charge in [0.05, 0.1) is 6.26 Å². The van der Waals surface area contributed by atoms with Crippen molar-refractivity contribution in [3.8, 4) is 0 Å². The molecule has 0 saturated heterocycles. The highest BCUT2D eigenvalue weighted by molar-refractivity contribution is 7.36. The van der Waals surface area contributed by atoms with E-state index in [0.717, 1.165) is 0 Å². The van der Waals surface area contributed by atoms with Gasteiger partial charge in [0.2, 0.25) is 0 Å². The smallest absolute Gasteiger partial charge is 0.346 e. The SMILES string of the molecule is Cl[SiH](Cl)C=CO[Si](c1ccccc1)(c1ccccc1)c1ccccc1. The number of halogens is 2. The molecule has 0 aromatic heterocycles. The van der Waals surface area contributed by atoms with E-state index in [4.69, 9.17) is 26.6 Å². The minimum absolute atomic E-state index is 1.18. The maximum absolute atomic E-state index is 6.52. The molecule has 0 unspecified atom stereocenters. The molecule has 0 aliphatic heterocycles. The first-order valence-electron chi connectivity index (χ1n) is 8.02. The van der Waals surface area contributed by atoms with E-state index < -0.39 is 15.7 Å². The van der Waals surface area contributed by atoms with Crippen LogP contribution in [0.5, 0.6) is 0 Å². The second-order valence-electron chi connectivity index (χ2n) is 5.56. The topological polar surface area (TPSA) is 9.23 Å². The van der Waals surface area contributed by atoms with E-state index in [1.807, 2.05) is 18.2 Å². The molecule has 0 aliphatic rings. The average Bonchev–Trinajstić information content (AvgIpc) is 2.67. The van der Waals surface area contributed by atoms with E-state index in [9.17, 15) is 0 Å². The predicted molar refractivity (Wildman–Crippen MR) is 113 cm³/mol. The fourth-order valence-corrected chi connectivity index (χ4v) is 7.31. The first kappa shape index (κ1) is 18.0. The average molecular weight is 401 g/mol. The van der Waals surface area contributed by atoms with Gasteiger partial charge in [-0.1, -0.05) is 91.0 Å². The normalized spacial score (nSPS) is 11.8. The molecule has 0 atom stereocenters. The Morgan fingerprint density at radius 3 is 1.32 bits per heavy atom. The zero-order valence-electron chi connectivity index (χ0n) is 13.6.